The lowest BCUT2D eigenvalue weighted by atomic mass is 9.93. The Hall–Kier alpha value is -2.41. The van der Waals surface area contributed by atoms with Crippen LogP contribution in [-0.4, -0.2) is 51.8 Å². The second-order valence-electron chi connectivity index (χ2n) is 7.94. The average molecular weight is 383 g/mol. The van der Waals surface area contributed by atoms with Crippen LogP contribution in [0.1, 0.15) is 49.4 Å². The summed E-state index contributed by atoms with van der Waals surface area (Å²) in [7, 11) is 0. The van der Waals surface area contributed by atoms with Crippen LogP contribution in [0.4, 0.5) is 0 Å². The molecule has 1 aromatic heterocycles. The zero-order chi connectivity index (χ0) is 19.3. The number of carbonyl (C=O) groups excluding carboxylic acids is 1. The van der Waals surface area contributed by atoms with Crippen molar-refractivity contribution in [1.82, 2.24) is 25.0 Å². The first kappa shape index (κ1) is 18.9. The number of rotatable bonds is 4. The van der Waals surface area contributed by atoms with E-state index in [1.54, 1.807) is 4.57 Å². The van der Waals surface area contributed by atoms with Crippen LogP contribution >= 0.6 is 0 Å². The molecule has 0 radical (unpaired) electrons. The number of likely N-dealkylation sites (tertiary alicyclic amines) is 1. The zero-order valence-corrected chi connectivity index (χ0v) is 16.3. The van der Waals surface area contributed by atoms with Gasteiger partial charge in [0.15, 0.2) is 0 Å². The summed E-state index contributed by atoms with van der Waals surface area (Å²) in [5.41, 5.74) is 0.921. The Morgan fingerprint density at radius 2 is 1.86 bits per heavy atom. The Morgan fingerprint density at radius 1 is 1.07 bits per heavy atom. The van der Waals surface area contributed by atoms with Gasteiger partial charge >= 0.3 is 5.69 Å². The molecule has 1 aromatic carbocycles. The van der Waals surface area contributed by atoms with E-state index >= 15 is 0 Å². The molecule has 7 nitrogen and oxygen atoms in total. The van der Waals surface area contributed by atoms with Gasteiger partial charge in [-0.05, 0) is 50.8 Å². The highest BCUT2D eigenvalue weighted by Crippen LogP contribution is 2.28. The Bertz CT molecular complexity index is 828. The number of aromatic amines is 1. The van der Waals surface area contributed by atoms with Crippen molar-refractivity contribution in [2.24, 2.45) is 5.92 Å². The Labute approximate surface area is 165 Å². The van der Waals surface area contributed by atoms with E-state index in [2.05, 4.69) is 15.5 Å². The summed E-state index contributed by atoms with van der Waals surface area (Å²) in [6.45, 7) is 3.98. The van der Waals surface area contributed by atoms with E-state index in [-0.39, 0.29) is 17.5 Å². The van der Waals surface area contributed by atoms with Crippen LogP contribution < -0.4 is 11.0 Å². The van der Waals surface area contributed by atoms with Crippen LogP contribution in [0.15, 0.2) is 35.1 Å². The third-order valence-corrected chi connectivity index (χ3v) is 6.07. The minimum Gasteiger partial charge on any atom is -0.342 e. The molecule has 2 N–H and O–H groups in total. The molecule has 2 aliphatic rings. The lowest BCUT2D eigenvalue weighted by Crippen LogP contribution is -2.42. The predicted molar refractivity (Wildman–Crippen MR) is 107 cm³/mol. The summed E-state index contributed by atoms with van der Waals surface area (Å²) in [5.74, 6) is 1.50. The fraction of sp³-hybridized carbons (Fsp3) is 0.571. The van der Waals surface area contributed by atoms with Crippen molar-refractivity contribution >= 4 is 5.91 Å². The van der Waals surface area contributed by atoms with Crippen LogP contribution in [0.3, 0.4) is 0 Å². The highest BCUT2D eigenvalue weighted by Gasteiger charge is 2.31. The van der Waals surface area contributed by atoms with E-state index in [0.717, 1.165) is 69.7 Å². The van der Waals surface area contributed by atoms with Gasteiger partial charge in [0.1, 0.15) is 5.82 Å². The van der Waals surface area contributed by atoms with E-state index in [1.807, 2.05) is 35.2 Å². The van der Waals surface area contributed by atoms with Crippen LogP contribution in [0.5, 0.6) is 0 Å². The number of benzene rings is 1. The summed E-state index contributed by atoms with van der Waals surface area (Å²) < 4.78 is 1.74. The van der Waals surface area contributed by atoms with Crippen molar-refractivity contribution in [2.45, 2.75) is 44.6 Å². The van der Waals surface area contributed by atoms with Gasteiger partial charge in [0, 0.05) is 24.9 Å². The summed E-state index contributed by atoms with van der Waals surface area (Å²) in [6.07, 6.45) is 4.72. The molecule has 4 rings (SSSR count). The molecule has 2 aliphatic heterocycles. The maximum absolute atomic E-state index is 12.9. The lowest BCUT2D eigenvalue weighted by Gasteiger charge is -2.33. The molecular formula is C21H29N5O2. The van der Waals surface area contributed by atoms with E-state index < -0.39 is 0 Å². The van der Waals surface area contributed by atoms with Crippen LogP contribution in [0, 0.1) is 5.92 Å². The fourth-order valence-electron chi connectivity index (χ4n) is 4.44. The lowest BCUT2D eigenvalue weighted by molar-refractivity contribution is -0.137. The highest BCUT2D eigenvalue weighted by molar-refractivity contribution is 5.79. The number of piperidine rings is 1. The summed E-state index contributed by atoms with van der Waals surface area (Å²) in [6, 6.07) is 9.97. The second-order valence-corrected chi connectivity index (χ2v) is 7.94. The molecule has 2 saturated heterocycles. The molecule has 3 heterocycles. The van der Waals surface area contributed by atoms with Crippen LogP contribution in [0.2, 0.25) is 0 Å². The van der Waals surface area contributed by atoms with E-state index in [4.69, 9.17) is 0 Å². The normalized spacial score (nSPS) is 21.4. The Morgan fingerprint density at radius 3 is 2.64 bits per heavy atom. The Kier molecular flexibility index (Phi) is 5.90. The highest BCUT2D eigenvalue weighted by atomic mass is 16.2. The van der Waals surface area contributed by atoms with Crippen molar-refractivity contribution in [1.29, 1.82) is 0 Å². The first-order valence-corrected chi connectivity index (χ1v) is 10.4. The van der Waals surface area contributed by atoms with Crippen molar-refractivity contribution in [3.63, 3.8) is 0 Å². The van der Waals surface area contributed by atoms with Gasteiger partial charge in [-0.3, -0.25) is 9.36 Å². The molecule has 2 aromatic rings. The number of aromatic nitrogens is 3. The number of hydrogen-bond donors (Lipinski definition) is 2. The van der Waals surface area contributed by atoms with Crippen molar-refractivity contribution in [2.75, 3.05) is 26.2 Å². The quantitative estimate of drug-likeness (QED) is 0.842. The number of nitrogens with zero attached hydrogens (tertiary/aromatic N) is 3. The van der Waals surface area contributed by atoms with E-state index in [9.17, 15) is 9.59 Å². The number of amides is 1. The van der Waals surface area contributed by atoms with Gasteiger partial charge in [-0.15, -0.1) is 0 Å². The van der Waals surface area contributed by atoms with Gasteiger partial charge < -0.3 is 10.2 Å². The van der Waals surface area contributed by atoms with Crippen molar-refractivity contribution in [3.8, 4) is 0 Å². The number of carbonyl (C=O) groups is 1. The Balaban J connectivity index is 1.40. The summed E-state index contributed by atoms with van der Waals surface area (Å²) in [5, 5.41) is 10.3. The van der Waals surface area contributed by atoms with Gasteiger partial charge in [-0.1, -0.05) is 30.3 Å². The van der Waals surface area contributed by atoms with Crippen molar-refractivity contribution < 1.29 is 4.79 Å². The van der Waals surface area contributed by atoms with Crippen LogP contribution in [0.25, 0.3) is 0 Å². The van der Waals surface area contributed by atoms with Gasteiger partial charge in [-0.25, -0.2) is 9.89 Å². The van der Waals surface area contributed by atoms with Gasteiger partial charge in [0.25, 0.3) is 0 Å². The smallest absolute Gasteiger partial charge is 0.342 e. The van der Waals surface area contributed by atoms with E-state index in [0.29, 0.717) is 12.5 Å². The standard InChI is InChI=1S/C21H29N5O2/c27-20(18-7-4-11-22-12-8-18)25-13-9-17(10-14-25)19-23-24-21(28)26(19)15-16-5-2-1-3-6-16/h1-3,5-6,17-18,22H,4,7-15H2,(H,24,28)/t18-/m0/s1. The summed E-state index contributed by atoms with van der Waals surface area (Å²) in [4.78, 5) is 27.2. The first-order chi connectivity index (χ1) is 13.7. The maximum Gasteiger partial charge on any atom is 0.343 e. The number of hydrogen-bond acceptors (Lipinski definition) is 4. The van der Waals surface area contributed by atoms with Gasteiger partial charge in [0.2, 0.25) is 5.91 Å². The molecular weight excluding hydrogens is 354 g/mol. The molecule has 0 spiro atoms. The maximum atomic E-state index is 12.9. The molecule has 0 bridgehead atoms. The topological polar surface area (TPSA) is 83.0 Å². The molecule has 1 atom stereocenters. The third kappa shape index (κ3) is 4.19. The predicted octanol–water partition coefficient (Wildman–Crippen LogP) is 1.72. The largest absolute Gasteiger partial charge is 0.343 e. The molecule has 1 amide bonds. The minimum absolute atomic E-state index is 0.160. The SMILES string of the molecule is O=C([C@H]1CCCNCC1)N1CCC(c2n[nH]c(=O)n2Cc2ccccc2)CC1. The molecule has 150 valence electrons. The molecule has 0 unspecified atom stereocenters. The first-order valence-electron chi connectivity index (χ1n) is 10.4. The van der Waals surface area contributed by atoms with Gasteiger partial charge in [-0.2, -0.15) is 5.10 Å². The minimum atomic E-state index is -0.164. The average Bonchev–Trinajstić information content (AvgIpc) is 2.94. The number of H-pyrrole nitrogens is 1. The monoisotopic (exact) mass is 383 g/mol. The van der Waals surface area contributed by atoms with Crippen LogP contribution in [-0.2, 0) is 11.3 Å². The molecule has 2 fully saturated rings. The summed E-state index contributed by atoms with van der Waals surface area (Å²) >= 11 is 0. The second kappa shape index (κ2) is 8.73. The third-order valence-electron chi connectivity index (χ3n) is 6.07. The number of nitrogens with one attached hydrogen (secondary N) is 2. The van der Waals surface area contributed by atoms with Gasteiger partial charge in [0.05, 0.1) is 6.54 Å². The molecule has 7 heteroatoms. The zero-order valence-electron chi connectivity index (χ0n) is 16.3. The molecule has 0 aliphatic carbocycles. The molecule has 28 heavy (non-hydrogen) atoms. The van der Waals surface area contributed by atoms with Crippen molar-refractivity contribution in [3.05, 3.63) is 52.2 Å². The fourth-order valence-corrected chi connectivity index (χ4v) is 4.44. The molecule has 0 saturated carbocycles. The van der Waals surface area contributed by atoms with E-state index in [1.165, 1.54) is 0 Å².